The first kappa shape index (κ1) is 14.4. The van der Waals surface area contributed by atoms with Crippen molar-refractivity contribution in [3.63, 3.8) is 0 Å². The lowest BCUT2D eigenvalue weighted by atomic mass is 10.0. The van der Waals surface area contributed by atoms with Crippen LogP contribution in [-0.2, 0) is 14.8 Å². The Morgan fingerprint density at radius 2 is 2.12 bits per heavy atom. The van der Waals surface area contributed by atoms with Crippen molar-refractivity contribution in [1.29, 1.82) is 0 Å². The third-order valence-electron chi connectivity index (χ3n) is 2.75. The number of sulfonamides is 1. The van der Waals surface area contributed by atoms with Gasteiger partial charge in [-0.05, 0) is 20.8 Å². The molecular formula is C10H21N3O3S. The van der Waals surface area contributed by atoms with Crippen molar-refractivity contribution in [3.05, 3.63) is 0 Å². The molecule has 6 nitrogen and oxygen atoms in total. The van der Waals surface area contributed by atoms with E-state index < -0.39 is 10.0 Å². The summed E-state index contributed by atoms with van der Waals surface area (Å²) < 4.78 is 24.7. The topological polar surface area (TPSA) is 78.5 Å². The van der Waals surface area contributed by atoms with E-state index in [1.165, 1.54) is 0 Å². The van der Waals surface area contributed by atoms with Gasteiger partial charge in [0.15, 0.2) is 0 Å². The third-order valence-corrected chi connectivity index (χ3v) is 4.09. The largest absolute Gasteiger partial charge is 0.338 e. The summed E-state index contributed by atoms with van der Waals surface area (Å²) in [5.74, 6) is -0.176. The lowest BCUT2D eigenvalue weighted by Gasteiger charge is -2.39. The third kappa shape index (κ3) is 4.61. The van der Waals surface area contributed by atoms with E-state index in [1.807, 2.05) is 13.8 Å². The maximum absolute atomic E-state index is 11.8. The first-order valence-corrected chi connectivity index (χ1v) is 7.41. The zero-order valence-electron chi connectivity index (χ0n) is 10.6. The van der Waals surface area contributed by atoms with Gasteiger partial charge in [-0.3, -0.25) is 4.79 Å². The maximum atomic E-state index is 11.8. The lowest BCUT2D eigenvalue weighted by molar-refractivity contribution is -0.131. The van der Waals surface area contributed by atoms with Crippen LogP contribution in [0.1, 0.15) is 20.8 Å². The van der Waals surface area contributed by atoms with Gasteiger partial charge in [0.1, 0.15) is 0 Å². The number of nitrogens with one attached hydrogen (secondary N) is 2. The van der Waals surface area contributed by atoms with Crippen LogP contribution in [0.4, 0.5) is 0 Å². The Balaban J connectivity index is 2.48. The van der Waals surface area contributed by atoms with Crippen LogP contribution < -0.4 is 10.0 Å². The van der Waals surface area contributed by atoms with Gasteiger partial charge in [0.25, 0.3) is 0 Å². The van der Waals surface area contributed by atoms with Crippen LogP contribution in [0.25, 0.3) is 0 Å². The quantitative estimate of drug-likeness (QED) is 0.691. The van der Waals surface area contributed by atoms with E-state index in [1.54, 1.807) is 11.8 Å². The average molecular weight is 263 g/mol. The standard InChI is InChI=1S/C10H21N3O3S/c1-4-17(15,16)12-7-9(14)13-6-5-11-10(2,3)8-13/h11-12H,4-8H2,1-3H3. The Hall–Kier alpha value is -0.660. The second-order valence-corrected chi connectivity index (χ2v) is 6.95. The second kappa shape index (κ2) is 5.32. The number of carbonyl (C=O) groups excluding carboxylic acids is 1. The summed E-state index contributed by atoms with van der Waals surface area (Å²) in [6, 6.07) is 0. The summed E-state index contributed by atoms with van der Waals surface area (Å²) in [6.07, 6.45) is 0. The summed E-state index contributed by atoms with van der Waals surface area (Å²) >= 11 is 0. The number of carbonyl (C=O) groups is 1. The van der Waals surface area contributed by atoms with E-state index in [0.717, 1.165) is 6.54 Å². The number of nitrogens with zero attached hydrogens (tertiary/aromatic N) is 1. The highest BCUT2D eigenvalue weighted by atomic mass is 32.2. The Labute approximate surface area is 103 Å². The second-order valence-electron chi connectivity index (χ2n) is 4.85. The molecule has 0 radical (unpaired) electrons. The van der Waals surface area contributed by atoms with Crippen molar-refractivity contribution in [2.24, 2.45) is 0 Å². The minimum absolute atomic E-state index is 0.00662. The summed E-state index contributed by atoms with van der Waals surface area (Å²) in [4.78, 5) is 13.5. The molecule has 1 saturated heterocycles. The normalized spacial score (nSPS) is 20.3. The molecule has 1 amide bonds. The first-order valence-electron chi connectivity index (χ1n) is 5.76. The van der Waals surface area contributed by atoms with Gasteiger partial charge < -0.3 is 10.2 Å². The summed E-state index contributed by atoms with van der Waals surface area (Å²) in [7, 11) is -3.30. The van der Waals surface area contributed by atoms with Gasteiger partial charge in [-0.15, -0.1) is 0 Å². The highest BCUT2D eigenvalue weighted by molar-refractivity contribution is 7.89. The molecule has 0 spiro atoms. The molecule has 1 heterocycles. The summed E-state index contributed by atoms with van der Waals surface area (Å²) in [6.45, 7) is 7.38. The van der Waals surface area contributed by atoms with Crippen molar-refractivity contribution >= 4 is 15.9 Å². The van der Waals surface area contributed by atoms with Gasteiger partial charge in [-0.1, -0.05) is 0 Å². The molecule has 2 N–H and O–H groups in total. The molecule has 1 fully saturated rings. The monoisotopic (exact) mass is 263 g/mol. The number of hydrogen-bond donors (Lipinski definition) is 2. The van der Waals surface area contributed by atoms with E-state index in [2.05, 4.69) is 10.0 Å². The Bertz CT molecular complexity index is 378. The minimum Gasteiger partial charge on any atom is -0.338 e. The minimum atomic E-state index is -3.30. The number of piperazine rings is 1. The van der Waals surface area contributed by atoms with E-state index in [4.69, 9.17) is 0 Å². The van der Waals surface area contributed by atoms with Crippen molar-refractivity contribution in [3.8, 4) is 0 Å². The van der Waals surface area contributed by atoms with Gasteiger partial charge in [-0.2, -0.15) is 0 Å². The highest BCUT2D eigenvalue weighted by Crippen LogP contribution is 2.09. The van der Waals surface area contributed by atoms with E-state index in [0.29, 0.717) is 13.1 Å². The molecule has 0 atom stereocenters. The molecule has 7 heteroatoms. The Morgan fingerprint density at radius 1 is 1.47 bits per heavy atom. The SMILES string of the molecule is CCS(=O)(=O)NCC(=O)N1CCNC(C)(C)C1. The fourth-order valence-electron chi connectivity index (χ4n) is 1.74. The molecule has 17 heavy (non-hydrogen) atoms. The molecule has 1 rings (SSSR count). The van der Waals surface area contributed by atoms with Crippen LogP contribution in [0.3, 0.4) is 0 Å². The molecule has 0 aromatic heterocycles. The van der Waals surface area contributed by atoms with Crippen LogP contribution in [0.2, 0.25) is 0 Å². The fraction of sp³-hybridized carbons (Fsp3) is 0.900. The average Bonchev–Trinajstić information content (AvgIpc) is 2.24. The lowest BCUT2D eigenvalue weighted by Crippen LogP contribution is -2.59. The molecule has 100 valence electrons. The van der Waals surface area contributed by atoms with Gasteiger partial charge in [0.05, 0.1) is 12.3 Å². The fourth-order valence-corrected chi connectivity index (χ4v) is 2.29. The molecule has 1 aliphatic rings. The van der Waals surface area contributed by atoms with E-state index >= 15 is 0 Å². The first-order chi connectivity index (χ1) is 7.76. The van der Waals surface area contributed by atoms with E-state index in [9.17, 15) is 13.2 Å². The predicted molar refractivity (Wildman–Crippen MR) is 66.1 cm³/mol. The molecule has 0 unspecified atom stereocenters. The van der Waals surface area contributed by atoms with Gasteiger partial charge in [0, 0.05) is 25.2 Å². The maximum Gasteiger partial charge on any atom is 0.237 e. The van der Waals surface area contributed by atoms with Crippen LogP contribution in [0, 0.1) is 0 Å². The van der Waals surface area contributed by atoms with Gasteiger partial charge in [0.2, 0.25) is 15.9 Å². The van der Waals surface area contributed by atoms with Crippen molar-refractivity contribution < 1.29 is 13.2 Å². The molecule has 0 aromatic rings. The number of amides is 1. The molecule has 0 bridgehead atoms. The molecule has 0 saturated carbocycles. The van der Waals surface area contributed by atoms with Crippen molar-refractivity contribution in [2.45, 2.75) is 26.3 Å². The molecule has 0 aliphatic carbocycles. The zero-order chi connectivity index (χ0) is 13.1. The Morgan fingerprint density at radius 3 is 2.65 bits per heavy atom. The van der Waals surface area contributed by atoms with Crippen LogP contribution in [0.15, 0.2) is 0 Å². The molecule has 0 aromatic carbocycles. The smallest absolute Gasteiger partial charge is 0.237 e. The van der Waals surface area contributed by atoms with Crippen LogP contribution in [-0.4, -0.2) is 56.7 Å². The highest BCUT2D eigenvalue weighted by Gasteiger charge is 2.28. The van der Waals surface area contributed by atoms with Crippen LogP contribution >= 0.6 is 0 Å². The van der Waals surface area contributed by atoms with E-state index in [-0.39, 0.29) is 23.7 Å². The Kier molecular flexibility index (Phi) is 4.51. The molecule has 1 aliphatic heterocycles. The van der Waals surface area contributed by atoms with Gasteiger partial charge in [-0.25, -0.2) is 13.1 Å². The predicted octanol–water partition coefficient (Wildman–Crippen LogP) is -0.864. The number of rotatable bonds is 4. The summed E-state index contributed by atoms with van der Waals surface area (Å²) in [5.41, 5.74) is -0.114. The van der Waals surface area contributed by atoms with Gasteiger partial charge >= 0.3 is 0 Å². The van der Waals surface area contributed by atoms with Crippen molar-refractivity contribution in [1.82, 2.24) is 14.9 Å². The van der Waals surface area contributed by atoms with Crippen molar-refractivity contribution in [2.75, 3.05) is 31.9 Å². The number of hydrogen-bond acceptors (Lipinski definition) is 4. The summed E-state index contributed by atoms with van der Waals surface area (Å²) in [5, 5.41) is 3.29. The zero-order valence-corrected chi connectivity index (χ0v) is 11.4. The van der Waals surface area contributed by atoms with Crippen LogP contribution in [0.5, 0.6) is 0 Å². The molecular weight excluding hydrogens is 242 g/mol.